The molecule has 4 rings (SSSR count). The molecule has 2 aromatic heterocycles. The number of aromatic nitrogens is 2. The minimum Gasteiger partial charge on any atom is -0.282 e. The molecule has 0 bridgehead atoms. The zero-order valence-corrected chi connectivity index (χ0v) is 9.08. The second-order valence-electron chi connectivity index (χ2n) is 3.64. The van der Waals surface area contributed by atoms with Gasteiger partial charge in [0, 0.05) is 0 Å². The second kappa shape index (κ2) is 2.75. The average Bonchev–Trinajstić information content (AvgIpc) is 2.83. The van der Waals surface area contributed by atoms with Crippen molar-refractivity contribution in [1.82, 2.24) is 9.38 Å². The summed E-state index contributed by atoms with van der Waals surface area (Å²) < 4.78 is 3.44. The predicted octanol–water partition coefficient (Wildman–Crippen LogP) is 3.30. The zero-order valence-electron chi connectivity index (χ0n) is 8.27. The van der Waals surface area contributed by atoms with Crippen LogP contribution in [-0.4, -0.2) is 9.38 Å². The monoisotopic (exact) mass is 222 g/mol. The maximum Gasteiger partial charge on any atom is 0.196 e. The summed E-state index contributed by atoms with van der Waals surface area (Å²) >= 11 is 1.71. The van der Waals surface area contributed by atoms with E-state index in [1.54, 1.807) is 11.3 Å². The number of nitrogens with zero attached hydrogens (tertiary/aromatic N) is 2. The van der Waals surface area contributed by atoms with Crippen molar-refractivity contribution >= 4 is 37.5 Å². The normalized spacial score (nSPS) is 11.2. The number of imidazole rings is 1. The fourth-order valence-corrected chi connectivity index (χ4v) is 3.05. The van der Waals surface area contributed by atoms with E-state index < -0.39 is 0 Å². The second-order valence-corrected chi connectivity index (χ2v) is 4.65. The Kier molecular flexibility index (Phi) is 1.40. The number of rotatable bonds is 0. The van der Waals surface area contributed by atoms with Crippen molar-refractivity contribution in [2.24, 2.45) is 0 Å². The lowest BCUT2D eigenvalue weighted by atomic mass is 10.3. The summed E-state index contributed by atoms with van der Waals surface area (Å²) in [5, 5.41) is 0. The van der Waals surface area contributed by atoms with Gasteiger partial charge in [-0.1, -0.05) is 29.5 Å². The van der Waals surface area contributed by atoms with Crippen LogP contribution in [0.5, 0.6) is 0 Å². The minimum atomic E-state index is 0.888. The first-order valence-electron chi connectivity index (χ1n) is 5.01. The molecule has 0 amide bonds. The molecule has 0 fully saturated rings. The minimum absolute atomic E-state index is 0.888. The van der Waals surface area contributed by atoms with Gasteiger partial charge in [0.05, 0.1) is 15.7 Å². The van der Waals surface area contributed by atoms with Crippen LogP contribution in [0.15, 0.2) is 36.4 Å². The van der Waals surface area contributed by atoms with Gasteiger partial charge in [-0.15, -0.1) is 0 Å². The summed E-state index contributed by atoms with van der Waals surface area (Å²) in [6.07, 6.45) is 0. The quantitative estimate of drug-likeness (QED) is 0.446. The van der Waals surface area contributed by atoms with Crippen LogP contribution in [-0.2, 0) is 0 Å². The summed E-state index contributed by atoms with van der Waals surface area (Å²) in [7, 11) is 0. The highest BCUT2D eigenvalue weighted by Crippen LogP contribution is 2.28. The zero-order chi connectivity index (χ0) is 10.5. The topological polar surface area (TPSA) is 17.3 Å². The third kappa shape index (κ3) is 0.898. The van der Waals surface area contributed by atoms with E-state index in [2.05, 4.69) is 45.8 Å². The van der Waals surface area contributed by atoms with E-state index in [-0.39, 0.29) is 0 Å². The molecule has 0 atom stereocenters. The maximum absolute atomic E-state index is 4.55. The maximum atomic E-state index is 4.55. The van der Waals surface area contributed by atoms with Crippen molar-refractivity contribution in [2.75, 3.05) is 0 Å². The van der Waals surface area contributed by atoms with Crippen molar-refractivity contribution in [3.05, 3.63) is 48.5 Å². The summed E-state index contributed by atoms with van der Waals surface area (Å²) in [6.45, 7) is 0. The van der Waals surface area contributed by atoms with Crippen molar-refractivity contribution in [1.29, 1.82) is 0 Å². The number of fused-ring (bicyclic) bond motifs is 5. The van der Waals surface area contributed by atoms with Gasteiger partial charge < -0.3 is 0 Å². The van der Waals surface area contributed by atoms with Gasteiger partial charge in [-0.3, -0.25) is 4.40 Å². The largest absolute Gasteiger partial charge is 0.282 e. The van der Waals surface area contributed by atoms with Gasteiger partial charge in [0.25, 0.3) is 0 Å². The third-order valence-electron chi connectivity index (χ3n) is 2.70. The molecule has 3 heteroatoms. The molecule has 0 unspecified atom stereocenters. The standard InChI is InChI=1S/C13H6N2S/c1-2-6-10-9(5-1)14-13-15(10)11-7-3-4-8-12(11)16-13/h2-4,6-8H. The van der Waals surface area contributed by atoms with Crippen LogP contribution < -0.4 is 0 Å². The Bertz CT molecular complexity index is 745. The van der Waals surface area contributed by atoms with Crippen LogP contribution in [0.2, 0.25) is 0 Å². The van der Waals surface area contributed by atoms with Crippen molar-refractivity contribution < 1.29 is 0 Å². The molecule has 2 heterocycles. The highest BCUT2D eigenvalue weighted by molar-refractivity contribution is 7.23. The summed E-state index contributed by atoms with van der Waals surface area (Å²) in [5.41, 5.74) is 3.20. The Morgan fingerprint density at radius 3 is 3.06 bits per heavy atom. The molecular formula is C13H6N2S. The van der Waals surface area contributed by atoms with Gasteiger partial charge in [-0.2, -0.15) is 0 Å². The van der Waals surface area contributed by atoms with Crippen molar-refractivity contribution in [2.45, 2.75) is 0 Å². The van der Waals surface area contributed by atoms with Gasteiger partial charge in [0.1, 0.15) is 5.52 Å². The van der Waals surface area contributed by atoms with Gasteiger partial charge in [0.15, 0.2) is 4.96 Å². The summed E-state index contributed by atoms with van der Waals surface area (Å²) in [6, 6.07) is 18.2. The molecule has 0 saturated carbocycles. The number of thiazole rings is 1. The van der Waals surface area contributed by atoms with E-state index in [0.29, 0.717) is 0 Å². The van der Waals surface area contributed by atoms with Crippen LogP contribution in [0.1, 0.15) is 0 Å². The number of para-hydroxylation sites is 1. The molecule has 74 valence electrons. The molecule has 0 aliphatic carbocycles. The van der Waals surface area contributed by atoms with E-state index in [0.717, 1.165) is 16.0 Å². The number of benzene rings is 1. The summed E-state index contributed by atoms with van der Waals surface area (Å²) in [5.74, 6) is 0. The Morgan fingerprint density at radius 2 is 2.06 bits per heavy atom. The van der Waals surface area contributed by atoms with E-state index in [9.17, 15) is 0 Å². The molecule has 2 nitrogen and oxygen atoms in total. The molecule has 0 radical (unpaired) electrons. The van der Waals surface area contributed by atoms with E-state index in [1.165, 1.54) is 10.2 Å². The van der Waals surface area contributed by atoms with Crippen LogP contribution >= 0.6 is 11.3 Å². The molecule has 2 aromatic carbocycles. The molecule has 0 aliphatic rings. The third-order valence-corrected chi connectivity index (χ3v) is 3.73. The fraction of sp³-hybridized carbons (Fsp3) is 0. The lowest BCUT2D eigenvalue weighted by molar-refractivity contribution is 1.35. The van der Waals surface area contributed by atoms with Crippen LogP contribution in [0, 0.1) is 12.1 Å². The van der Waals surface area contributed by atoms with Crippen LogP contribution in [0.3, 0.4) is 0 Å². The van der Waals surface area contributed by atoms with Crippen LogP contribution in [0.4, 0.5) is 0 Å². The van der Waals surface area contributed by atoms with E-state index in [1.807, 2.05) is 12.1 Å². The highest BCUT2D eigenvalue weighted by atomic mass is 32.1. The highest BCUT2D eigenvalue weighted by Gasteiger charge is 2.09. The lowest BCUT2D eigenvalue weighted by Gasteiger charge is -1.91. The van der Waals surface area contributed by atoms with E-state index >= 15 is 0 Å². The van der Waals surface area contributed by atoms with Gasteiger partial charge in [-0.25, -0.2) is 4.98 Å². The molecule has 16 heavy (non-hydrogen) atoms. The first kappa shape index (κ1) is 8.14. The first-order valence-corrected chi connectivity index (χ1v) is 5.83. The van der Waals surface area contributed by atoms with Crippen molar-refractivity contribution in [3.63, 3.8) is 0 Å². The van der Waals surface area contributed by atoms with Gasteiger partial charge in [0.2, 0.25) is 0 Å². The number of hydrogen-bond donors (Lipinski definition) is 0. The van der Waals surface area contributed by atoms with Gasteiger partial charge >= 0.3 is 0 Å². The predicted molar refractivity (Wildman–Crippen MR) is 65.8 cm³/mol. The fourth-order valence-electron chi connectivity index (χ4n) is 2.02. The summed E-state index contributed by atoms with van der Waals surface area (Å²) in [4.78, 5) is 5.57. The van der Waals surface area contributed by atoms with Gasteiger partial charge in [-0.05, 0) is 30.3 Å². The Balaban J connectivity index is 2.38. The molecule has 0 spiro atoms. The molecule has 0 N–H and O–H groups in total. The molecular weight excluding hydrogens is 216 g/mol. The van der Waals surface area contributed by atoms with E-state index in [4.69, 9.17) is 0 Å². The lowest BCUT2D eigenvalue weighted by Crippen LogP contribution is -1.78. The molecule has 0 saturated heterocycles. The Labute approximate surface area is 95.8 Å². The number of hydrogen-bond acceptors (Lipinski definition) is 2. The Hall–Kier alpha value is -2.05. The average molecular weight is 222 g/mol. The SMILES string of the molecule is c1ccc2c(c#1)nc1sc3ccccc3n12. The smallest absolute Gasteiger partial charge is 0.196 e. The molecule has 4 aromatic rings. The Morgan fingerprint density at radius 1 is 1.12 bits per heavy atom. The molecule has 0 aliphatic heterocycles. The first-order chi connectivity index (χ1) is 7.93. The van der Waals surface area contributed by atoms with Crippen LogP contribution in [0.25, 0.3) is 26.2 Å². The van der Waals surface area contributed by atoms with Crippen molar-refractivity contribution in [3.8, 4) is 0 Å².